The zero-order chi connectivity index (χ0) is 11.6. The van der Waals surface area contributed by atoms with E-state index in [1.807, 2.05) is 0 Å². The Morgan fingerprint density at radius 1 is 0.900 bits per heavy atom. The summed E-state index contributed by atoms with van der Waals surface area (Å²) in [5, 5.41) is 3.12. The molecule has 0 atom stereocenters. The molecule has 0 aliphatic carbocycles. The molecule has 0 unspecified atom stereocenters. The molecule has 5 heteroatoms. The van der Waals surface area contributed by atoms with Crippen molar-refractivity contribution in [2.75, 3.05) is 0 Å². The first-order chi connectivity index (χ1) is 7.66. The Morgan fingerprint density at radius 2 is 1.45 bits per heavy atom. The van der Waals surface area contributed by atoms with Gasteiger partial charge in [0.2, 0.25) is 0 Å². The van der Waals surface area contributed by atoms with Crippen molar-refractivity contribution in [1.29, 1.82) is 0 Å². The number of hydrogen-bond donors (Lipinski definition) is 0. The minimum Gasteiger partial charge on any atom is -1.00 e. The van der Waals surface area contributed by atoms with Gasteiger partial charge in [-0.15, -0.1) is 0 Å². The van der Waals surface area contributed by atoms with Gasteiger partial charge < -0.3 is 37.2 Å². The molecular weight excluding hydrogens is 362 g/mol. The second-order valence-corrected chi connectivity index (χ2v) is 9.18. The van der Waals surface area contributed by atoms with Gasteiger partial charge in [0, 0.05) is 0 Å². The zero-order valence-corrected chi connectivity index (χ0v) is 16.8. The Morgan fingerprint density at radius 3 is 1.95 bits per heavy atom. The summed E-state index contributed by atoms with van der Waals surface area (Å²) in [4.78, 5) is 0. The van der Waals surface area contributed by atoms with Crippen molar-refractivity contribution in [2.45, 2.75) is 26.4 Å². The SMILES string of the molecule is CCc1ccc[c-]1[Si](C)(C)c1ccccc1.[Cl-].[Cl-].[Cl-].[Ti+4]. The van der Waals surface area contributed by atoms with Gasteiger partial charge in [-0.1, -0.05) is 62.0 Å². The molecule has 0 bridgehead atoms. The third-order valence-electron chi connectivity index (χ3n) is 3.46. The van der Waals surface area contributed by atoms with Crippen molar-refractivity contribution >= 4 is 18.4 Å². The molecule has 0 saturated heterocycles. The minimum absolute atomic E-state index is 0. The van der Waals surface area contributed by atoms with Crippen molar-refractivity contribution in [2.24, 2.45) is 0 Å². The van der Waals surface area contributed by atoms with E-state index >= 15 is 0 Å². The number of benzene rings is 1. The molecule has 108 valence electrons. The van der Waals surface area contributed by atoms with Crippen LogP contribution < -0.4 is 47.6 Å². The van der Waals surface area contributed by atoms with E-state index < -0.39 is 8.07 Å². The third kappa shape index (κ3) is 5.29. The van der Waals surface area contributed by atoms with E-state index in [0.29, 0.717) is 0 Å². The predicted octanol–water partition coefficient (Wildman–Crippen LogP) is -6.20. The number of rotatable bonds is 3. The predicted molar refractivity (Wildman–Crippen MR) is 74.6 cm³/mol. The van der Waals surface area contributed by atoms with Gasteiger partial charge in [-0.3, -0.25) is 0 Å². The monoisotopic (exact) mass is 380 g/mol. The van der Waals surface area contributed by atoms with E-state index in [2.05, 4.69) is 68.5 Å². The van der Waals surface area contributed by atoms with Crippen molar-refractivity contribution in [3.8, 4) is 0 Å². The van der Waals surface area contributed by atoms with Crippen molar-refractivity contribution in [1.82, 2.24) is 0 Å². The Hall–Kier alpha value is 0.371. The van der Waals surface area contributed by atoms with Gasteiger partial charge in [-0.2, -0.15) is 16.8 Å². The fourth-order valence-electron chi connectivity index (χ4n) is 2.39. The van der Waals surface area contributed by atoms with Crippen LogP contribution in [-0.4, -0.2) is 8.07 Å². The van der Waals surface area contributed by atoms with Crippen molar-refractivity contribution in [3.63, 3.8) is 0 Å². The van der Waals surface area contributed by atoms with E-state index in [0.717, 1.165) is 6.42 Å². The van der Waals surface area contributed by atoms with E-state index in [1.165, 1.54) is 10.8 Å². The Balaban J connectivity index is -0.000000722. The summed E-state index contributed by atoms with van der Waals surface area (Å²) in [5.41, 5.74) is 1.53. The molecule has 2 aromatic carbocycles. The molecule has 0 spiro atoms. The van der Waals surface area contributed by atoms with Crippen molar-refractivity contribution in [3.05, 3.63) is 54.1 Å². The van der Waals surface area contributed by atoms with Crippen LogP contribution in [-0.2, 0) is 28.1 Å². The molecule has 0 heterocycles. The topological polar surface area (TPSA) is 0 Å². The summed E-state index contributed by atoms with van der Waals surface area (Å²) in [6, 6.07) is 17.7. The summed E-state index contributed by atoms with van der Waals surface area (Å²) in [6.07, 6.45) is 1.14. The first kappa shape index (κ1) is 25.3. The standard InChI is InChI=1S/C15H19Si.3ClH.Ti/c1-4-13-9-8-12-15(13)16(2,3)14-10-6-5-7-11-14;;;;/h5-12H,4H2,1-3H3;3*1H;/q-1;;;;+4/p-3. The van der Waals surface area contributed by atoms with Gasteiger partial charge in [0.15, 0.2) is 0 Å². The van der Waals surface area contributed by atoms with Crippen LogP contribution in [0.3, 0.4) is 0 Å². The first-order valence-corrected chi connectivity index (χ1v) is 8.97. The second-order valence-electron chi connectivity index (χ2n) is 4.81. The van der Waals surface area contributed by atoms with Crippen LogP contribution in [0.4, 0.5) is 0 Å². The largest absolute Gasteiger partial charge is 4.00 e. The van der Waals surface area contributed by atoms with Gasteiger partial charge in [0.25, 0.3) is 0 Å². The molecule has 0 aliphatic rings. The number of aryl methyl sites for hydroxylation is 1. The molecule has 0 aromatic heterocycles. The van der Waals surface area contributed by atoms with E-state index in [1.54, 1.807) is 5.19 Å². The fourth-order valence-corrected chi connectivity index (χ4v) is 5.30. The number of hydrogen-bond acceptors (Lipinski definition) is 0. The molecule has 0 fully saturated rings. The molecule has 0 radical (unpaired) electrons. The molecule has 0 aliphatic heterocycles. The molecule has 20 heavy (non-hydrogen) atoms. The average molecular weight is 382 g/mol. The van der Waals surface area contributed by atoms with Crippen LogP contribution >= 0.6 is 0 Å². The fraction of sp³-hybridized carbons (Fsp3) is 0.267. The van der Waals surface area contributed by atoms with E-state index in [4.69, 9.17) is 0 Å². The van der Waals surface area contributed by atoms with E-state index in [9.17, 15) is 0 Å². The molecule has 2 aromatic rings. The van der Waals surface area contributed by atoms with Crippen LogP contribution in [0.2, 0.25) is 13.1 Å². The van der Waals surface area contributed by atoms with Crippen LogP contribution in [0.5, 0.6) is 0 Å². The van der Waals surface area contributed by atoms with Gasteiger partial charge >= 0.3 is 21.7 Å². The Labute approximate surface area is 157 Å². The maximum absolute atomic E-state index is 2.44. The summed E-state index contributed by atoms with van der Waals surface area (Å²) < 4.78 is 0. The maximum Gasteiger partial charge on any atom is 4.00 e. The molecule has 0 nitrogen and oxygen atoms in total. The van der Waals surface area contributed by atoms with Gasteiger partial charge in [0.1, 0.15) is 0 Å². The van der Waals surface area contributed by atoms with Gasteiger partial charge in [-0.25, -0.2) is 12.1 Å². The second kappa shape index (κ2) is 11.0. The minimum atomic E-state index is -1.47. The average Bonchev–Trinajstić information content (AvgIpc) is 2.79. The van der Waals surface area contributed by atoms with Gasteiger partial charge in [0.05, 0.1) is 8.07 Å². The molecular formula is C15H19Cl3SiTi. The van der Waals surface area contributed by atoms with Crippen LogP contribution in [0, 0.1) is 0 Å². The smallest absolute Gasteiger partial charge is 1.00 e. The summed E-state index contributed by atoms with van der Waals surface area (Å²) in [6.45, 7) is 7.13. The molecule has 0 amide bonds. The molecule has 0 saturated carbocycles. The zero-order valence-electron chi connectivity index (χ0n) is 12.0. The Bertz CT molecular complexity index is 469. The Kier molecular flexibility index (Phi) is 13.9. The summed E-state index contributed by atoms with van der Waals surface area (Å²) in [5.74, 6) is 0. The van der Waals surface area contributed by atoms with E-state index in [-0.39, 0.29) is 58.9 Å². The maximum atomic E-state index is 2.44. The summed E-state index contributed by atoms with van der Waals surface area (Å²) in [7, 11) is -1.47. The normalized spacial score (nSPS) is 9.35. The molecule has 2 rings (SSSR count). The number of halogens is 3. The first-order valence-electron chi connectivity index (χ1n) is 5.97. The molecule has 0 N–H and O–H groups in total. The van der Waals surface area contributed by atoms with Gasteiger partial charge in [-0.05, 0) is 0 Å². The van der Waals surface area contributed by atoms with Crippen LogP contribution in [0.15, 0.2) is 48.5 Å². The van der Waals surface area contributed by atoms with Crippen LogP contribution in [0.25, 0.3) is 0 Å². The quantitative estimate of drug-likeness (QED) is 0.367. The van der Waals surface area contributed by atoms with Crippen LogP contribution in [0.1, 0.15) is 12.5 Å². The summed E-state index contributed by atoms with van der Waals surface area (Å²) >= 11 is 0. The third-order valence-corrected chi connectivity index (χ3v) is 7.07. The van der Waals surface area contributed by atoms with Crippen molar-refractivity contribution < 1.29 is 58.9 Å².